The standard InChI is InChI=1S/C16H15ClFNO/c1-20-14-9-11(5-6-13(14)17)15(18)12-4-2-3-10-7-8-19-16(10)12/h2-6,9,15,19H,7-8H2,1H3. The van der Waals surface area contributed by atoms with E-state index in [1.807, 2.05) is 18.2 Å². The van der Waals surface area contributed by atoms with Crippen molar-refractivity contribution < 1.29 is 9.13 Å². The number of ether oxygens (including phenoxy) is 1. The Kier molecular flexibility index (Phi) is 3.53. The zero-order valence-electron chi connectivity index (χ0n) is 11.1. The second kappa shape index (κ2) is 5.33. The average molecular weight is 292 g/mol. The van der Waals surface area contributed by atoms with Crippen molar-refractivity contribution in [3.05, 3.63) is 58.1 Å². The zero-order chi connectivity index (χ0) is 14.1. The Morgan fingerprint density at radius 1 is 1.30 bits per heavy atom. The van der Waals surface area contributed by atoms with Gasteiger partial charge in [0.2, 0.25) is 0 Å². The van der Waals surface area contributed by atoms with Gasteiger partial charge < -0.3 is 10.1 Å². The molecule has 0 amide bonds. The summed E-state index contributed by atoms with van der Waals surface area (Å²) in [6.07, 6.45) is -0.249. The van der Waals surface area contributed by atoms with Gasteiger partial charge in [-0.05, 0) is 29.7 Å². The normalized spacial score (nSPS) is 14.6. The van der Waals surface area contributed by atoms with Gasteiger partial charge in [-0.2, -0.15) is 0 Å². The third kappa shape index (κ3) is 2.22. The van der Waals surface area contributed by atoms with Gasteiger partial charge in [0, 0.05) is 17.8 Å². The Bertz CT molecular complexity index is 644. The number of hydrogen-bond acceptors (Lipinski definition) is 2. The van der Waals surface area contributed by atoms with E-state index in [9.17, 15) is 4.39 Å². The molecule has 104 valence electrons. The van der Waals surface area contributed by atoms with Crippen LogP contribution in [0.25, 0.3) is 0 Å². The van der Waals surface area contributed by atoms with E-state index in [-0.39, 0.29) is 0 Å². The molecule has 20 heavy (non-hydrogen) atoms. The Morgan fingerprint density at radius 2 is 2.15 bits per heavy atom. The molecule has 1 atom stereocenters. The van der Waals surface area contributed by atoms with Gasteiger partial charge in [0.1, 0.15) is 5.75 Å². The Morgan fingerprint density at radius 3 is 2.95 bits per heavy atom. The minimum atomic E-state index is -1.19. The Labute approximate surface area is 122 Å². The number of hydrogen-bond donors (Lipinski definition) is 1. The number of anilines is 1. The van der Waals surface area contributed by atoms with Crippen LogP contribution in [0.4, 0.5) is 10.1 Å². The van der Waals surface area contributed by atoms with Gasteiger partial charge in [0.15, 0.2) is 6.17 Å². The molecule has 1 heterocycles. The lowest BCUT2D eigenvalue weighted by Gasteiger charge is -2.15. The summed E-state index contributed by atoms with van der Waals surface area (Å²) in [4.78, 5) is 0. The molecule has 0 fully saturated rings. The number of rotatable bonds is 3. The molecule has 0 saturated heterocycles. The summed E-state index contributed by atoms with van der Waals surface area (Å²) >= 11 is 5.98. The van der Waals surface area contributed by atoms with Crippen molar-refractivity contribution in [2.45, 2.75) is 12.6 Å². The maximum absolute atomic E-state index is 14.8. The van der Waals surface area contributed by atoms with Gasteiger partial charge in [0.05, 0.1) is 12.1 Å². The zero-order valence-corrected chi connectivity index (χ0v) is 11.9. The molecule has 2 aromatic rings. The molecule has 0 radical (unpaired) electrons. The average Bonchev–Trinajstić information content (AvgIpc) is 2.95. The largest absolute Gasteiger partial charge is 0.495 e. The van der Waals surface area contributed by atoms with Crippen LogP contribution in [-0.4, -0.2) is 13.7 Å². The minimum Gasteiger partial charge on any atom is -0.495 e. The number of methoxy groups -OCH3 is 1. The molecule has 0 saturated carbocycles. The van der Waals surface area contributed by atoms with Crippen LogP contribution >= 0.6 is 11.6 Å². The molecule has 0 bridgehead atoms. The molecule has 1 N–H and O–H groups in total. The van der Waals surface area contributed by atoms with Crippen molar-refractivity contribution in [1.82, 2.24) is 0 Å². The molecule has 1 aliphatic heterocycles. The van der Waals surface area contributed by atoms with Crippen LogP contribution in [-0.2, 0) is 6.42 Å². The van der Waals surface area contributed by atoms with E-state index < -0.39 is 6.17 Å². The van der Waals surface area contributed by atoms with Gasteiger partial charge >= 0.3 is 0 Å². The molecular weight excluding hydrogens is 277 g/mol. The number of alkyl halides is 1. The van der Waals surface area contributed by atoms with E-state index in [1.54, 1.807) is 18.2 Å². The lowest BCUT2D eigenvalue weighted by atomic mass is 9.98. The minimum absolute atomic E-state index is 0.486. The van der Waals surface area contributed by atoms with Crippen LogP contribution < -0.4 is 10.1 Å². The molecule has 0 spiro atoms. The fourth-order valence-corrected chi connectivity index (χ4v) is 2.79. The molecule has 0 aromatic heterocycles. The van der Waals surface area contributed by atoms with E-state index in [2.05, 4.69) is 5.32 Å². The number of halogens is 2. The Balaban J connectivity index is 2.01. The predicted octanol–water partition coefficient (Wildman–Crippen LogP) is 4.38. The smallest absolute Gasteiger partial charge is 0.152 e. The van der Waals surface area contributed by atoms with E-state index in [0.717, 1.165) is 18.7 Å². The summed E-state index contributed by atoms with van der Waals surface area (Å²) in [5.41, 5.74) is 3.32. The summed E-state index contributed by atoms with van der Waals surface area (Å²) in [6.45, 7) is 0.864. The van der Waals surface area contributed by atoms with Crippen LogP contribution in [0, 0.1) is 0 Å². The summed E-state index contributed by atoms with van der Waals surface area (Å²) in [5, 5.41) is 3.75. The highest BCUT2D eigenvalue weighted by Crippen LogP contribution is 2.38. The SMILES string of the molecule is COc1cc(C(F)c2cccc3c2NCC3)ccc1Cl. The highest BCUT2D eigenvalue weighted by atomic mass is 35.5. The van der Waals surface area contributed by atoms with Crippen LogP contribution in [0.5, 0.6) is 5.75 Å². The van der Waals surface area contributed by atoms with Crippen LogP contribution in [0.3, 0.4) is 0 Å². The number of para-hydroxylation sites is 1. The Hall–Kier alpha value is -1.74. The molecular formula is C16H15ClFNO. The first kappa shape index (κ1) is 13.3. The van der Waals surface area contributed by atoms with Crippen molar-refractivity contribution in [3.63, 3.8) is 0 Å². The second-order valence-electron chi connectivity index (χ2n) is 4.81. The first-order chi connectivity index (χ1) is 9.70. The molecule has 2 aromatic carbocycles. The van der Waals surface area contributed by atoms with Gasteiger partial charge in [0.25, 0.3) is 0 Å². The quantitative estimate of drug-likeness (QED) is 0.906. The number of benzene rings is 2. The first-order valence-electron chi connectivity index (χ1n) is 6.54. The second-order valence-corrected chi connectivity index (χ2v) is 5.22. The van der Waals surface area contributed by atoms with Crippen molar-refractivity contribution in [3.8, 4) is 5.75 Å². The lowest BCUT2D eigenvalue weighted by Crippen LogP contribution is -2.01. The third-order valence-electron chi connectivity index (χ3n) is 3.62. The van der Waals surface area contributed by atoms with Crippen molar-refractivity contribution in [2.75, 3.05) is 19.0 Å². The van der Waals surface area contributed by atoms with Crippen molar-refractivity contribution >= 4 is 17.3 Å². The fourth-order valence-electron chi connectivity index (χ4n) is 2.59. The first-order valence-corrected chi connectivity index (χ1v) is 6.91. The number of fused-ring (bicyclic) bond motifs is 1. The van der Waals surface area contributed by atoms with E-state index >= 15 is 0 Å². The van der Waals surface area contributed by atoms with E-state index in [4.69, 9.17) is 16.3 Å². The van der Waals surface area contributed by atoms with Gasteiger partial charge in [-0.15, -0.1) is 0 Å². The maximum atomic E-state index is 14.8. The molecule has 0 aliphatic carbocycles. The van der Waals surface area contributed by atoms with E-state index in [1.165, 1.54) is 12.7 Å². The van der Waals surface area contributed by atoms with Crippen LogP contribution in [0.2, 0.25) is 5.02 Å². The van der Waals surface area contributed by atoms with Crippen molar-refractivity contribution in [1.29, 1.82) is 0 Å². The molecule has 1 aliphatic rings. The van der Waals surface area contributed by atoms with Crippen LogP contribution in [0.1, 0.15) is 22.9 Å². The van der Waals surface area contributed by atoms with E-state index in [0.29, 0.717) is 21.9 Å². The summed E-state index contributed by atoms with van der Waals surface area (Å²) in [5.74, 6) is 0.493. The lowest BCUT2D eigenvalue weighted by molar-refractivity contribution is 0.393. The highest BCUT2D eigenvalue weighted by Gasteiger charge is 2.22. The van der Waals surface area contributed by atoms with Gasteiger partial charge in [-0.25, -0.2) is 4.39 Å². The monoisotopic (exact) mass is 291 g/mol. The maximum Gasteiger partial charge on any atom is 0.152 e. The molecule has 2 nitrogen and oxygen atoms in total. The summed E-state index contributed by atoms with van der Waals surface area (Å²) in [6, 6.07) is 10.8. The molecule has 4 heteroatoms. The van der Waals surface area contributed by atoms with Crippen LogP contribution in [0.15, 0.2) is 36.4 Å². The molecule has 3 rings (SSSR count). The van der Waals surface area contributed by atoms with Crippen molar-refractivity contribution in [2.24, 2.45) is 0 Å². The highest BCUT2D eigenvalue weighted by molar-refractivity contribution is 6.32. The number of nitrogens with one attached hydrogen (secondary N) is 1. The third-order valence-corrected chi connectivity index (χ3v) is 3.93. The predicted molar refractivity (Wildman–Crippen MR) is 79.6 cm³/mol. The fraction of sp³-hybridized carbons (Fsp3) is 0.250. The topological polar surface area (TPSA) is 21.3 Å². The summed E-state index contributed by atoms with van der Waals surface area (Å²) < 4.78 is 20.0. The van der Waals surface area contributed by atoms with Gasteiger partial charge in [-0.1, -0.05) is 35.9 Å². The summed E-state index contributed by atoms with van der Waals surface area (Å²) in [7, 11) is 1.53. The molecule has 1 unspecified atom stereocenters. The van der Waals surface area contributed by atoms with Gasteiger partial charge in [-0.3, -0.25) is 0 Å².